The van der Waals surface area contributed by atoms with E-state index in [2.05, 4.69) is 4.74 Å². The maximum absolute atomic E-state index is 11.1. The van der Waals surface area contributed by atoms with E-state index in [1.54, 1.807) is 11.8 Å². The second-order valence-electron chi connectivity index (χ2n) is 3.15. The molecule has 0 saturated carbocycles. The van der Waals surface area contributed by atoms with Crippen LogP contribution in [0, 0.1) is 5.92 Å². The summed E-state index contributed by atoms with van der Waals surface area (Å²) < 4.78 is 4.63. The van der Waals surface area contributed by atoms with Gasteiger partial charge in [0.05, 0.1) is 19.6 Å². The van der Waals surface area contributed by atoms with E-state index < -0.39 is 0 Å². The molecule has 0 rings (SSSR count). The van der Waals surface area contributed by atoms with E-state index in [4.69, 9.17) is 5.11 Å². The maximum atomic E-state index is 11.1. The van der Waals surface area contributed by atoms with Gasteiger partial charge in [0.1, 0.15) is 0 Å². The third-order valence-corrected chi connectivity index (χ3v) is 3.43. The number of rotatable bonds is 5. The highest BCUT2D eigenvalue weighted by molar-refractivity contribution is 8.00. The van der Waals surface area contributed by atoms with Crippen LogP contribution in [0.15, 0.2) is 0 Å². The molecule has 3 unspecified atom stereocenters. The van der Waals surface area contributed by atoms with Gasteiger partial charge < -0.3 is 9.84 Å². The van der Waals surface area contributed by atoms with E-state index in [1.165, 1.54) is 7.11 Å². The molecule has 78 valence electrons. The molecule has 13 heavy (non-hydrogen) atoms. The van der Waals surface area contributed by atoms with Crippen LogP contribution >= 0.6 is 11.8 Å². The molecule has 3 nitrogen and oxygen atoms in total. The standard InChI is InChI=1S/C9H18O3S/c1-6(5-10)13-8(3)7(2)9(11)12-4/h6-8,10H,5H2,1-4H3. The molecule has 0 fully saturated rings. The van der Waals surface area contributed by atoms with Crippen LogP contribution in [0.4, 0.5) is 0 Å². The smallest absolute Gasteiger partial charge is 0.309 e. The highest BCUT2D eigenvalue weighted by Crippen LogP contribution is 2.24. The zero-order chi connectivity index (χ0) is 10.4. The average molecular weight is 206 g/mol. The fourth-order valence-electron chi connectivity index (χ4n) is 0.905. The molecule has 0 aromatic carbocycles. The fourth-order valence-corrected chi connectivity index (χ4v) is 2.07. The molecule has 0 saturated heterocycles. The molecule has 0 radical (unpaired) electrons. The number of ether oxygens (including phenoxy) is 1. The first-order valence-electron chi connectivity index (χ1n) is 4.37. The third kappa shape index (κ3) is 4.52. The van der Waals surface area contributed by atoms with Crippen LogP contribution in [-0.2, 0) is 9.53 Å². The lowest BCUT2D eigenvalue weighted by Crippen LogP contribution is -2.24. The van der Waals surface area contributed by atoms with E-state index in [0.717, 1.165) is 0 Å². The second-order valence-corrected chi connectivity index (χ2v) is 4.97. The monoisotopic (exact) mass is 206 g/mol. The van der Waals surface area contributed by atoms with Crippen LogP contribution in [-0.4, -0.2) is 35.3 Å². The number of methoxy groups -OCH3 is 1. The van der Waals surface area contributed by atoms with Crippen LogP contribution in [0.5, 0.6) is 0 Å². The molecule has 0 amide bonds. The summed E-state index contributed by atoms with van der Waals surface area (Å²) in [5.74, 6) is -0.311. The van der Waals surface area contributed by atoms with Gasteiger partial charge in [0, 0.05) is 10.5 Å². The summed E-state index contributed by atoms with van der Waals surface area (Å²) in [6, 6.07) is 0. The van der Waals surface area contributed by atoms with Gasteiger partial charge in [-0.15, -0.1) is 0 Å². The Hall–Kier alpha value is -0.220. The first-order chi connectivity index (χ1) is 6.02. The minimum absolute atomic E-state index is 0.121. The number of aliphatic hydroxyl groups is 1. The van der Waals surface area contributed by atoms with Gasteiger partial charge in [0.2, 0.25) is 0 Å². The molecule has 0 spiro atoms. The van der Waals surface area contributed by atoms with Crippen molar-refractivity contribution in [1.82, 2.24) is 0 Å². The van der Waals surface area contributed by atoms with Crippen molar-refractivity contribution in [2.45, 2.75) is 31.3 Å². The Bertz CT molecular complexity index is 161. The van der Waals surface area contributed by atoms with Gasteiger partial charge >= 0.3 is 5.97 Å². The van der Waals surface area contributed by atoms with E-state index >= 15 is 0 Å². The van der Waals surface area contributed by atoms with Crippen LogP contribution in [0.2, 0.25) is 0 Å². The molecule has 0 aromatic heterocycles. The average Bonchev–Trinajstić information content (AvgIpc) is 2.14. The lowest BCUT2D eigenvalue weighted by Gasteiger charge is -2.19. The van der Waals surface area contributed by atoms with Crippen LogP contribution in [0.1, 0.15) is 20.8 Å². The highest BCUT2D eigenvalue weighted by Gasteiger charge is 2.22. The molecule has 1 N–H and O–H groups in total. The van der Waals surface area contributed by atoms with Gasteiger partial charge in [-0.25, -0.2) is 0 Å². The van der Waals surface area contributed by atoms with Crippen LogP contribution in [0.25, 0.3) is 0 Å². The Morgan fingerprint density at radius 2 is 2.00 bits per heavy atom. The van der Waals surface area contributed by atoms with Crippen LogP contribution in [0.3, 0.4) is 0 Å². The van der Waals surface area contributed by atoms with E-state index in [-0.39, 0.29) is 29.0 Å². The predicted octanol–water partition coefficient (Wildman–Crippen LogP) is 1.30. The van der Waals surface area contributed by atoms with Crippen molar-refractivity contribution in [3.63, 3.8) is 0 Å². The molecule has 0 bridgehead atoms. The minimum Gasteiger partial charge on any atom is -0.469 e. The summed E-state index contributed by atoms with van der Waals surface area (Å²) in [6.45, 7) is 5.89. The third-order valence-electron chi connectivity index (χ3n) is 1.98. The van der Waals surface area contributed by atoms with Crippen molar-refractivity contribution >= 4 is 17.7 Å². The molecular formula is C9H18O3S. The second kappa shape index (κ2) is 6.27. The van der Waals surface area contributed by atoms with Crippen molar-refractivity contribution in [2.75, 3.05) is 13.7 Å². The number of hydrogen-bond acceptors (Lipinski definition) is 4. The van der Waals surface area contributed by atoms with Crippen molar-refractivity contribution in [2.24, 2.45) is 5.92 Å². The largest absolute Gasteiger partial charge is 0.469 e. The quantitative estimate of drug-likeness (QED) is 0.689. The van der Waals surface area contributed by atoms with Gasteiger partial charge in [0.25, 0.3) is 0 Å². The number of carbonyl (C=O) groups excluding carboxylic acids is 1. The Morgan fingerprint density at radius 1 is 1.46 bits per heavy atom. The van der Waals surface area contributed by atoms with E-state index in [1.807, 2.05) is 20.8 Å². The number of esters is 1. The summed E-state index contributed by atoms with van der Waals surface area (Å²) >= 11 is 1.60. The number of thioether (sulfide) groups is 1. The Labute approximate surface area is 83.9 Å². The first-order valence-corrected chi connectivity index (χ1v) is 5.31. The van der Waals surface area contributed by atoms with Crippen molar-refractivity contribution in [3.8, 4) is 0 Å². The molecule has 0 aliphatic rings. The Morgan fingerprint density at radius 3 is 2.38 bits per heavy atom. The van der Waals surface area contributed by atoms with Crippen molar-refractivity contribution in [3.05, 3.63) is 0 Å². The van der Waals surface area contributed by atoms with Gasteiger partial charge in [-0.3, -0.25) is 4.79 Å². The first kappa shape index (κ1) is 12.8. The number of aliphatic hydroxyl groups excluding tert-OH is 1. The lowest BCUT2D eigenvalue weighted by atomic mass is 10.1. The van der Waals surface area contributed by atoms with Crippen molar-refractivity contribution < 1.29 is 14.6 Å². The minimum atomic E-state index is -0.190. The van der Waals surface area contributed by atoms with Gasteiger partial charge in [-0.1, -0.05) is 20.8 Å². The fraction of sp³-hybridized carbons (Fsp3) is 0.889. The normalized spacial score (nSPS) is 17.6. The topological polar surface area (TPSA) is 46.5 Å². The summed E-state index contributed by atoms with van der Waals surface area (Å²) in [5.41, 5.74) is 0. The molecular weight excluding hydrogens is 188 g/mol. The lowest BCUT2D eigenvalue weighted by molar-refractivity contribution is -0.144. The molecule has 0 aliphatic heterocycles. The van der Waals surface area contributed by atoms with Gasteiger partial charge in [0.15, 0.2) is 0 Å². The summed E-state index contributed by atoms with van der Waals surface area (Å²) in [4.78, 5) is 11.1. The molecule has 0 heterocycles. The molecule has 0 aliphatic carbocycles. The predicted molar refractivity (Wildman–Crippen MR) is 54.8 cm³/mol. The Kier molecular flexibility index (Phi) is 6.16. The number of hydrogen-bond donors (Lipinski definition) is 1. The highest BCUT2D eigenvalue weighted by atomic mass is 32.2. The summed E-state index contributed by atoms with van der Waals surface area (Å²) in [7, 11) is 1.39. The number of carbonyl (C=O) groups is 1. The zero-order valence-electron chi connectivity index (χ0n) is 8.61. The molecule has 0 aromatic rings. The maximum Gasteiger partial charge on any atom is 0.309 e. The Balaban J connectivity index is 3.95. The van der Waals surface area contributed by atoms with Gasteiger partial charge in [-0.05, 0) is 0 Å². The van der Waals surface area contributed by atoms with E-state index in [9.17, 15) is 4.79 Å². The van der Waals surface area contributed by atoms with Crippen LogP contribution < -0.4 is 0 Å². The van der Waals surface area contributed by atoms with Gasteiger partial charge in [-0.2, -0.15) is 11.8 Å². The summed E-state index contributed by atoms with van der Waals surface area (Å²) in [6.07, 6.45) is 0. The SMILES string of the molecule is COC(=O)C(C)C(C)SC(C)CO. The summed E-state index contributed by atoms with van der Waals surface area (Å²) in [5, 5.41) is 9.17. The zero-order valence-corrected chi connectivity index (χ0v) is 9.43. The van der Waals surface area contributed by atoms with Crippen molar-refractivity contribution in [1.29, 1.82) is 0 Å². The molecule has 3 atom stereocenters. The van der Waals surface area contributed by atoms with E-state index in [0.29, 0.717) is 0 Å². The molecule has 4 heteroatoms.